The fraction of sp³-hybridized carbons (Fsp3) is 0.405. The van der Waals surface area contributed by atoms with Gasteiger partial charge in [-0.05, 0) is 78.1 Å². The quantitative estimate of drug-likeness (QED) is 0.128. The van der Waals surface area contributed by atoms with Crippen LogP contribution in [0.15, 0.2) is 85.6 Å². The summed E-state index contributed by atoms with van der Waals surface area (Å²) in [5.74, 6) is 0.269. The molecule has 0 bridgehead atoms. The maximum Gasteiger partial charge on any atom is 0.226 e. The van der Waals surface area contributed by atoms with Crippen LogP contribution < -0.4 is 11.1 Å². The van der Waals surface area contributed by atoms with Gasteiger partial charge in [0.15, 0.2) is 5.96 Å². The smallest absolute Gasteiger partial charge is 0.226 e. The molecular formula is C37H46ClN5O. The summed E-state index contributed by atoms with van der Waals surface area (Å²) in [6.07, 6.45) is 6.45. The molecular weight excluding hydrogens is 566 g/mol. The van der Waals surface area contributed by atoms with Gasteiger partial charge in [0, 0.05) is 54.8 Å². The van der Waals surface area contributed by atoms with E-state index in [9.17, 15) is 4.79 Å². The summed E-state index contributed by atoms with van der Waals surface area (Å²) in [5.41, 5.74) is 9.97. The standard InChI is InChI=1S/C37H46ClN5O/c1-25(21-28-14-15-30-9-4-5-10-31(30)22-28)42-24-33(11-8-20-41-37(39)40)43(23-26(42)2)36(44)35-13-7-6-12-34(35)27(3)29-16-18-32(38)19-17-29/h4-5,9-10,14-19,22,26,33-35H,1,3,6-8,11-13,20-21,23-24H2,2H3,(H4,39,40,41)/t26-,33+,34?,35?/m1/s1. The van der Waals surface area contributed by atoms with Crippen LogP contribution in [-0.2, 0) is 11.2 Å². The first-order chi connectivity index (χ1) is 21.2. The Bertz CT molecular complexity index is 1500. The summed E-state index contributed by atoms with van der Waals surface area (Å²) >= 11 is 6.16. The molecule has 1 amide bonds. The third kappa shape index (κ3) is 7.47. The first-order valence-electron chi connectivity index (χ1n) is 16.0. The molecule has 1 aliphatic carbocycles. The van der Waals surface area contributed by atoms with E-state index in [4.69, 9.17) is 22.7 Å². The molecule has 1 saturated carbocycles. The lowest BCUT2D eigenvalue weighted by Gasteiger charge is -2.49. The van der Waals surface area contributed by atoms with Crippen molar-refractivity contribution >= 4 is 39.8 Å². The number of carbonyl (C=O) groups is 1. The molecule has 1 aliphatic heterocycles. The molecule has 1 saturated heterocycles. The van der Waals surface area contributed by atoms with E-state index in [0.29, 0.717) is 18.1 Å². The summed E-state index contributed by atoms with van der Waals surface area (Å²) in [4.78, 5) is 19.1. The molecule has 44 heavy (non-hydrogen) atoms. The van der Waals surface area contributed by atoms with Crippen molar-refractivity contribution in [1.29, 1.82) is 5.41 Å². The molecule has 2 fully saturated rings. The molecule has 4 atom stereocenters. The number of halogens is 1. The van der Waals surface area contributed by atoms with Crippen molar-refractivity contribution in [2.75, 3.05) is 19.6 Å². The van der Waals surface area contributed by atoms with Gasteiger partial charge in [0.1, 0.15) is 0 Å². The highest BCUT2D eigenvalue weighted by Gasteiger charge is 2.41. The van der Waals surface area contributed by atoms with Crippen molar-refractivity contribution in [2.45, 2.75) is 64.0 Å². The number of guanidine groups is 1. The minimum Gasteiger partial charge on any atom is -0.370 e. The average Bonchev–Trinajstić information content (AvgIpc) is 3.03. The van der Waals surface area contributed by atoms with Gasteiger partial charge < -0.3 is 20.9 Å². The second kappa shape index (κ2) is 14.3. The fourth-order valence-electron chi connectivity index (χ4n) is 7.18. The maximum absolute atomic E-state index is 14.5. The first kappa shape index (κ1) is 31.6. The fourth-order valence-corrected chi connectivity index (χ4v) is 7.30. The van der Waals surface area contributed by atoms with Crippen molar-refractivity contribution in [3.05, 3.63) is 102 Å². The Balaban J connectivity index is 1.33. The van der Waals surface area contributed by atoms with Crippen LogP contribution in [0.4, 0.5) is 0 Å². The van der Waals surface area contributed by atoms with Gasteiger partial charge in [-0.3, -0.25) is 10.2 Å². The minimum absolute atomic E-state index is 0.0219. The van der Waals surface area contributed by atoms with E-state index in [1.807, 2.05) is 24.3 Å². The van der Waals surface area contributed by atoms with Gasteiger partial charge in [0.25, 0.3) is 0 Å². The van der Waals surface area contributed by atoms with Crippen LogP contribution in [0.5, 0.6) is 0 Å². The lowest BCUT2D eigenvalue weighted by Crippen LogP contribution is -2.60. The molecule has 1 heterocycles. The maximum atomic E-state index is 14.5. The Morgan fingerprint density at radius 1 is 0.977 bits per heavy atom. The van der Waals surface area contributed by atoms with E-state index in [-0.39, 0.29) is 35.8 Å². The molecule has 6 nitrogen and oxygen atoms in total. The van der Waals surface area contributed by atoms with E-state index in [2.05, 4.69) is 77.7 Å². The van der Waals surface area contributed by atoms with E-state index in [0.717, 1.165) is 68.3 Å². The number of fused-ring (bicyclic) bond motifs is 1. The largest absolute Gasteiger partial charge is 0.370 e. The Morgan fingerprint density at radius 2 is 1.68 bits per heavy atom. The molecule has 2 aliphatic rings. The molecule has 232 valence electrons. The molecule has 0 aromatic heterocycles. The normalized spacial score (nSPS) is 22.0. The van der Waals surface area contributed by atoms with E-state index >= 15 is 0 Å². The number of carbonyl (C=O) groups excluding carboxylic acids is 1. The van der Waals surface area contributed by atoms with Crippen LogP contribution in [0.1, 0.15) is 56.6 Å². The topological polar surface area (TPSA) is 85.5 Å². The van der Waals surface area contributed by atoms with Crippen molar-refractivity contribution in [2.24, 2.45) is 17.6 Å². The Hall–Kier alpha value is -3.77. The number of hydrogen-bond donors (Lipinski definition) is 3. The summed E-state index contributed by atoms with van der Waals surface area (Å²) < 4.78 is 0. The van der Waals surface area contributed by atoms with Crippen molar-refractivity contribution < 1.29 is 4.79 Å². The number of rotatable bonds is 10. The average molecular weight is 612 g/mol. The molecule has 4 N–H and O–H groups in total. The SMILES string of the molecule is C=C(c1ccc(Cl)cc1)C1CCCCC1C(=O)N1C[C@@H](C)N(C(=C)Cc2ccc3ccccc3c2)C[C@@H]1CCCNC(=N)N. The van der Waals surface area contributed by atoms with Crippen LogP contribution in [0.25, 0.3) is 16.3 Å². The summed E-state index contributed by atoms with van der Waals surface area (Å²) in [6.45, 7) is 13.3. The van der Waals surface area contributed by atoms with E-state index in [1.54, 1.807) is 0 Å². The third-order valence-corrected chi connectivity index (χ3v) is 9.78. The molecule has 3 aromatic rings. The van der Waals surface area contributed by atoms with E-state index < -0.39 is 0 Å². The van der Waals surface area contributed by atoms with Gasteiger partial charge in [-0.2, -0.15) is 0 Å². The van der Waals surface area contributed by atoms with Gasteiger partial charge in [-0.15, -0.1) is 0 Å². The molecule has 0 spiro atoms. The summed E-state index contributed by atoms with van der Waals surface area (Å²) in [7, 11) is 0. The van der Waals surface area contributed by atoms with Crippen molar-refractivity contribution in [1.82, 2.24) is 15.1 Å². The van der Waals surface area contributed by atoms with Gasteiger partial charge in [0.05, 0.1) is 0 Å². The zero-order valence-corrected chi connectivity index (χ0v) is 26.7. The van der Waals surface area contributed by atoms with Gasteiger partial charge in [-0.25, -0.2) is 0 Å². The van der Waals surface area contributed by atoms with Crippen molar-refractivity contribution in [3.8, 4) is 0 Å². The minimum atomic E-state index is -0.0793. The van der Waals surface area contributed by atoms with Crippen LogP contribution in [0, 0.1) is 17.2 Å². The Labute approximate surface area is 267 Å². The predicted octanol–water partition coefficient (Wildman–Crippen LogP) is 7.23. The molecule has 7 heteroatoms. The Kier molecular flexibility index (Phi) is 10.3. The molecule has 3 aromatic carbocycles. The van der Waals surface area contributed by atoms with Crippen LogP contribution in [0.3, 0.4) is 0 Å². The highest BCUT2D eigenvalue weighted by atomic mass is 35.5. The summed E-state index contributed by atoms with van der Waals surface area (Å²) in [6, 6.07) is 23.1. The molecule has 0 radical (unpaired) electrons. The number of amides is 1. The summed E-state index contributed by atoms with van der Waals surface area (Å²) in [5, 5.41) is 13.7. The van der Waals surface area contributed by atoms with Crippen LogP contribution in [-0.4, -0.2) is 53.4 Å². The monoisotopic (exact) mass is 611 g/mol. The first-order valence-corrected chi connectivity index (χ1v) is 16.3. The molecule has 5 rings (SSSR count). The predicted molar refractivity (Wildman–Crippen MR) is 184 cm³/mol. The highest BCUT2D eigenvalue weighted by Crippen LogP contribution is 2.41. The zero-order valence-electron chi connectivity index (χ0n) is 25.9. The third-order valence-electron chi connectivity index (χ3n) is 9.53. The van der Waals surface area contributed by atoms with Crippen LogP contribution in [0.2, 0.25) is 5.02 Å². The number of allylic oxidation sites excluding steroid dienone is 2. The van der Waals surface area contributed by atoms with Crippen LogP contribution >= 0.6 is 11.6 Å². The van der Waals surface area contributed by atoms with Gasteiger partial charge in [0.2, 0.25) is 5.91 Å². The lowest BCUT2D eigenvalue weighted by atomic mass is 9.73. The molecule has 2 unspecified atom stereocenters. The lowest BCUT2D eigenvalue weighted by molar-refractivity contribution is -0.144. The number of hydrogen-bond acceptors (Lipinski definition) is 3. The number of benzene rings is 3. The highest BCUT2D eigenvalue weighted by molar-refractivity contribution is 6.30. The second-order valence-electron chi connectivity index (χ2n) is 12.6. The Morgan fingerprint density at radius 3 is 2.41 bits per heavy atom. The number of piperazine rings is 1. The van der Waals surface area contributed by atoms with Gasteiger partial charge >= 0.3 is 0 Å². The number of nitrogens with one attached hydrogen (secondary N) is 2. The zero-order chi connectivity index (χ0) is 31.2. The van der Waals surface area contributed by atoms with Gasteiger partial charge in [-0.1, -0.05) is 92.2 Å². The number of nitrogens with zero attached hydrogens (tertiary/aromatic N) is 2. The second-order valence-corrected chi connectivity index (χ2v) is 13.0. The number of nitrogens with two attached hydrogens (primary N) is 1. The van der Waals surface area contributed by atoms with E-state index in [1.165, 1.54) is 16.3 Å². The van der Waals surface area contributed by atoms with Crippen molar-refractivity contribution in [3.63, 3.8) is 0 Å².